The Morgan fingerprint density at radius 2 is 1.97 bits per heavy atom. The van der Waals surface area contributed by atoms with Gasteiger partial charge in [0.15, 0.2) is 11.2 Å². The second-order valence-electron chi connectivity index (χ2n) is 5.89. The standard InChI is InChI=1S/C19H14BrN3O5S/c1-11(28-18(25)12-5-7-14(20)8-6-12)17(24)22-19-21-16(10-29-19)13-3-2-4-15(9-13)23(26)27/h2-11H,1H3,(H,21,22,24). The molecule has 148 valence electrons. The van der Waals surface area contributed by atoms with Crippen molar-refractivity contribution >= 4 is 50.0 Å². The predicted molar refractivity (Wildman–Crippen MR) is 112 cm³/mol. The summed E-state index contributed by atoms with van der Waals surface area (Å²) in [5.74, 6) is -1.15. The Morgan fingerprint density at radius 1 is 1.24 bits per heavy atom. The number of esters is 1. The Morgan fingerprint density at radius 3 is 2.66 bits per heavy atom. The molecule has 0 aliphatic carbocycles. The van der Waals surface area contributed by atoms with Gasteiger partial charge in [-0.3, -0.25) is 20.2 Å². The van der Waals surface area contributed by atoms with Gasteiger partial charge in [-0.1, -0.05) is 28.1 Å². The minimum atomic E-state index is -1.03. The second kappa shape index (κ2) is 8.93. The first-order valence-corrected chi connectivity index (χ1v) is 9.98. The molecule has 3 rings (SSSR count). The average Bonchev–Trinajstić information content (AvgIpc) is 3.17. The SMILES string of the molecule is CC(OC(=O)c1ccc(Br)cc1)C(=O)Nc1nc(-c2cccc([N+](=O)[O-])c2)cs1. The number of rotatable bonds is 6. The first-order valence-electron chi connectivity index (χ1n) is 8.31. The van der Waals surface area contributed by atoms with Gasteiger partial charge < -0.3 is 4.74 Å². The van der Waals surface area contributed by atoms with Crippen molar-refractivity contribution in [3.63, 3.8) is 0 Å². The van der Waals surface area contributed by atoms with Crippen LogP contribution in [0.1, 0.15) is 17.3 Å². The second-order valence-corrected chi connectivity index (χ2v) is 7.66. The number of nitro benzene ring substituents is 1. The largest absolute Gasteiger partial charge is 0.449 e. The molecule has 0 saturated heterocycles. The Kier molecular flexibility index (Phi) is 6.35. The first-order chi connectivity index (χ1) is 13.8. The summed E-state index contributed by atoms with van der Waals surface area (Å²) in [5, 5.41) is 15.5. The number of aromatic nitrogens is 1. The molecule has 1 unspecified atom stereocenters. The fourth-order valence-corrected chi connectivity index (χ4v) is 3.30. The van der Waals surface area contributed by atoms with E-state index in [4.69, 9.17) is 4.74 Å². The first kappa shape index (κ1) is 20.6. The van der Waals surface area contributed by atoms with Crippen molar-refractivity contribution in [2.45, 2.75) is 13.0 Å². The van der Waals surface area contributed by atoms with Crippen LogP contribution in [0.2, 0.25) is 0 Å². The van der Waals surface area contributed by atoms with Gasteiger partial charge in [-0.05, 0) is 31.2 Å². The van der Waals surface area contributed by atoms with Crippen molar-refractivity contribution in [1.29, 1.82) is 0 Å². The van der Waals surface area contributed by atoms with E-state index in [9.17, 15) is 19.7 Å². The highest BCUT2D eigenvalue weighted by atomic mass is 79.9. The molecule has 1 heterocycles. The van der Waals surface area contributed by atoms with Crippen LogP contribution in [0.4, 0.5) is 10.8 Å². The van der Waals surface area contributed by atoms with Gasteiger partial charge in [0.25, 0.3) is 11.6 Å². The summed E-state index contributed by atoms with van der Waals surface area (Å²) in [6.45, 7) is 1.46. The van der Waals surface area contributed by atoms with E-state index in [1.54, 1.807) is 41.8 Å². The fraction of sp³-hybridized carbons (Fsp3) is 0.105. The van der Waals surface area contributed by atoms with E-state index < -0.39 is 22.9 Å². The molecular weight excluding hydrogens is 462 g/mol. The lowest BCUT2D eigenvalue weighted by atomic mass is 10.1. The average molecular weight is 476 g/mol. The van der Waals surface area contributed by atoms with Gasteiger partial charge in [0.05, 0.1) is 16.2 Å². The number of hydrogen-bond acceptors (Lipinski definition) is 7. The van der Waals surface area contributed by atoms with Crippen LogP contribution in [0, 0.1) is 10.1 Å². The number of carbonyl (C=O) groups excluding carboxylic acids is 2. The molecular formula is C19H14BrN3O5S. The maximum atomic E-state index is 12.3. The molecule has 0 spiro atoms. The van der Waals surface area contributed by atoms with Crippen LogP contribution in [0.25, 0.3) is 11.3 Å². The highest BCUT2D eigenvalue weighted by molar-refractivity contribution is 9.10. The normalized spacial score (nSPS) is 11.5. The molecule has 1 N–H and O–H groups in total. The zero-order valence-corrected chi connectivity index (χ0v) is 17.4. The maximum absolute atomic E-state index is 12.3. The molecule has 8 nitrogen and oxygen atoms in total. The summed E-state index contributed by atoms with van der Waals surface area (Å²) in [7, 11) is 0. The lowest BCUT2D eigenvalue weighted by molar-refractivity contribution is -0.384. The zero-order chi connectivity index (χ0) is 21.0. The van der Waals surface area contributed by atoms with Crippen molar-refractivity contribution in [2.24, 2.45) is 0 Å². The molecule has 1 amide bonds. The highest BCUT2D eigenvalue weighted by Crippen LogP contribution is 2.27. The van der Waals surface area contributed by atoms with E-state index in [1.165, 1.54) is 19.1 Å². The maximum Gasteiger partial charge on any atom is 0.338 e. The third-order valence-corrected chi connectivity index (χ3v) is 5.11. The molecule has 29 heavy (non-hydrogen) atoms. The van der Waals surface area contributed by atoms with Crippen molar-refractivity contribution in [1.82, 2.24) is 4.98 Å². The topological polar surface area (TPSA) is 111 Å². The van der Waals surface area contributed by atoms with Crippen LogP contribution >= 0.6 is 27.3 Å². The molecule has 10 heteroatoms. The molecule has 2 aromatic carbocycles. The number of ether oxygens (including phenoxy) is 1. The number of halogens is 1. The predicted octanol–water partition coefficient (Wildman–Crippen LogP) is 4.66. The van der Waals surface area contributed by atoms with Crippen LogP contribution < -0.4 is 5.32 Å². The summed E-state index contributed by atoms with van der Waals surface area (Å²) >= 11 is 4.44. The smallest absolute Gasteiger partial charge is 0.338 e. The number of hydrogen-bond donors (Lipinski definition) is 1. The summed E-state index contributed by atoms with van der Waals surface area (Å²) in [4.78, 5) is 39.1. The number of nitrogens with zero attached hydrogens (tertiary/aromatic N) is 2. The van der Waals surface area contributed by atoms with Gasteiger partial charge in [0.1, 0.15) is 0 Å². The number of benzene rings is 2. The van der Waals surface area contributed by atoms with Crippen molar-refractivity contribution in [3.05, 3.63) is 74.1 Å². The van der Waals surface area contributed by atoms with E-state index in [1.807, 2.05) is 0 Å². The third-order valence-electron chi connectivity index (χ3n) is 3.82. The Balaban J connectivity index is 1.63. The molecule has 1 aromatic heterocycles. The third kappa shape index (κ3) is 5.24. The van der Waals surface area contributed by atoms with Gasteiger partial charge >= 0.3 is 5.97 Å². The van der Waals surface area contributed by atoms with E-state index in [-0.39, 0.29) is 5.69 Å². The van der Waals surface area contributed by atoms with Crippen LogP contribution in [0.5, 0.6) is 0 Å². The number of non-ortho nitro benzene ring substituents is 1. The van der Waals surface area contributed by atoms with Crippen molar-refractivity contribution in [3.8, 4) is 11.3 Å². The lowest BCUT2D eigenvalue weighted by Crippen LogP contribution is -2.29. The van der Waals surface area contributed by atoms with Gasteiger partial charge in [0.2, 0.25) is 0 Å². The minimum absolute atomic E-state index is 0.0467. The number of amides is 1. The number of carbonyl (C=O) groups is 2. The Labute approximate surface area is 177 Å². The van der Waals surface area contributed by atoms with E-state index in [0.29, 0.717) is 22.0 Å². The monoisotopic (exact) mass is 475 g/mol. The molecule has 0 aliphatic rings. The van der Waals surface area contributed by atoms with Gasteiger partial charge in [-0.15, -0.1) is 11.3 Å². The summed E-state index contributed by atoms with van der Waals surface area (Å²) in [6, 6.07) is 12.6. The minimum Gasteiger partial charge on any atom is -0.449 e. The van der Waals surface area contributed by atoms with Gasteiger partial charge in [-0.2, -0.15) is 0 Å². The number of thiazole rings is 1. The fourth-order valence-electron chi connectivity index (χ4n) is 2.32. The molecule has 0 aliphatic heterocycles. The summed E-state index contributed by atoms with van der Waals surface area (Å²) in [5.41, 5.74) is 1.34. The highest BCUT2D eigenvalue weighted by Gasteiger charge is 2.20. The molecule has 3 aromatic rings. The van der Waals surface area contributed by atoms with Crippen molar-refractivity contribution in [2.75, 3.05) is 5.32 Å². The number of nitro groups is 1. The molecule has 1 atom stereocenters. The van der Waals surface area contributed by atoms with Gasteiger partial charge in [0, 0.05) is 27.5 Å². The van der Waals surface area contributed by atoms with E-state index >= 15 is 0 Å². The summed E-state index contributed by atoms with van der Waals surface area (Å²) < 4.78 is 6.00. The van der Waals surface area contributed by atoms with Gasteiger partial charge in [-0.25, -0.2) is 9.78 Å². The van der Waals surface area contributed by atoms with E-state index in [0.717, 1.165) is 15.8 Å². The van der Waals surface area contributed by atoms with Crippen LogP contribution in [0.3, 0.4) is 0 Å². The quantitative estimate of drug-likeness (QED) is 0.315. The lowest BCUT2D eigenvalue weighted by Gasteiger charge is -2.12. The summed E-state index contributed by atoms with van der Waals surface area (Å²) in [6.07, 6.45) is -1.03. The molecule has 0 radical (unpaired) electrons. The Hall–Kier alpha value is -3.11. The zero-order valence-electron chi connectivity index (χ0n) is 15.0. The van der Waals surface area contributed by atoms with Crippen LogP contribution in [0.15, 0.2) is 58.4 Å². The van der Waals surface area contributed by atoms with Crippen LogP contribution in [-0.2, 0) is 9.53 Å². The van der Waals surface area contributed by atoms with E-state index in [2.05, 4.69) is 26.2 Å². The van der Waals surface area contributed by atoms with Crippen LogP contribution in [-0.4, -0.2) is 27.9 Å². The number of nitrogens with one attached hydrogen (secondary N) is 1. The molecule has 0 saturated carbocycles. The molecule has 0 bridgehead atoms. The van der Waals surface area contributed by atoms with Crippen molar-refractivity contribution < 1.29 is 19.2 Å². The Bertz CT molecular complexity index is 1070. The molecule has 0 fully saturated rings. The number of anilines is 1.